The number of carbonyl (C=O) groups is 1. The monoisotopic (exact) mass is 440 g/mol. The number of nitrogens with one attached hydrogen (secondary N) is 2. The van der Waals surface area contributed by atoms with Crippen molar-refractivity contribution in [3.63, 3.8) is 0 Å². The zero-order valence-electron chi connectivity index (χ0n) is 16.7. The van der Waals surface area contributed by atoms with E-state index in [1.165, 1.54) is 17.7 Å². The van der Waals surface area contributed by atoms with Gasteiger partial charge in [0.05, 0.1) is 4.90 Å². The van der Waals surface area contributed by atoms with E-state index in [-0.39, 0.29) is 10.8 Å². The first-order valence-corrected chi connectivity index (χ1v) is 12.2. The van der Waals surface area contributed by atoms with Crippen molar-refractivity contribution in [2.45, 2.75) is 24.0 Å². The Kier molecular flexibility index (Phi) is 7.54. The molecule has 0 saturated carbocycles. The summed E-state index contributed by atoms with van der Waals surface area (Å²) in [4.78, 5) is 12.3. The molecular weight excluding hydrogens is 416 g/mol. The molecule has 156 valence electrons. The minimum absolute atomic E-state index is 0.0936. The van der Waals surface area contributed by atoms with Gasteiger partial charge in [-0.1, -0.05) is 48.0 Å². The zero-order chi connectivity index (χ0) is 21.4. The third-order valence-electron chi connectivity index (χ3n) is 4.34. The van der Waals surface area contributed by atoms with Gasteiger partial charge in [0.25, 0.3) is 10.0 Å². The molecule has 0 unspecified atom stereocenters. The lowest BCUT2D eigenvalue weighted by molar-refractivity contribution is -0.115. The normalized spacial score (nSPS) is 11.1. The predicted octanol–water partition coefficient (Wildman–Crippen LogP) is 5.06. The molecule has 3 aromatic carbocycles. The Morgan fingerprint density at radius 1 is 0.867 bits per heavy atom. The van der Waals surface area contributed by atoms with E-state index < -0.39 is 10.0 Å². The van der Waals surface area contributed by atoms with E-state index in [4.69, 9.17) is 0 Å². The van der Waals surface area contributed by atoms with Crippen LogP contribution in [-0.4, -0.2) is 20.1 Å². The van der Waals surface area contributed by atoms with Gasteiger partial charge in [0.1, 0.15) is 0 Å². The number of hydrogen-bond donors (Lipinski definition) is 2. The van der Waals surface area contributed by atoms with Crippen LogP contribution in [0.4, 0.5) is 11.4 Å². The van der Waals surface area contributed by atoms with Gasteiger partial charge in [0, 0.05) is 29.3 Å². The summed E-state index contributed by atoms with van der Waals surface area (Å²) in [6, 6.07) is 23.4. The summed E-state index contributed by atoms with van der Waals surface area (Å²) in [7, 11) is -3.68. The van der Waals surface area contributed by atoms with Gasteiger partial charge in [0.2, 0.25) is 5.91 Å². The first-order valence-electron chi connectivity index (χ1n) is 9.53. The Bertz CT molecular complexity index is 1070. The van der Waals surface area contributed by atoms with Crippen LogP contribution in [0.3, 0.4) is 0 Å². The van der Waals surface area contributed by atoms with Crippen LogP contribution >= 0.6 is 11.8 Å². The van der Waals surface area contributed by atoms with Crippen molar-refractivity contribution in [3.8, 4) is 0 Å². The van der Waals surface area contributed by atoms with E-state index in [9.17, 15) is 13.2 Å². The third kappa shape index (κ3) is 6.64. The van der Waals surface area contributed by atoms with E-state index >= 15 is 0 Å². The summed E-state index contributed by atoms with van der Waals surface area (Å²) < 4.78 is 27.6. The number of anilines is 2. The number of hydrogen-bond acceptors (Lipinski definition) is 4. The molecule has 3 rings (SSSR count). The van der Waals surface area contributed by atoms with Crippen LogP contribution in [0.2, 0.25) is 0 Å². The first kappa shape index (κ1) is 21.9. The minimum atomic E-state index is -3.68. The Hall–Kier alpha value is -2.77. The summed E-state index contributed by atoms with van der Waals surface area (Å²) in [5.74, 6) is 1.49. The lowest BCUT2D eigenvalue weighted by atomic mass is 10.2. The number of rotatable bonds is 9. The minimum Gasteiger partial charge on any atom is -0.326 e. The first-order chi connectivity index (χ1) is 14.4. The van der Waals surface area contributed by atoms with Crippen molar-refractivity contribution in [2.75, 3.05) is 15.8 Å². The maximum Gasteiger partial charge on any atom is 0.261 e. The van der Waals surface area contributed by atoms with Gasteiger partial charge < -0.3 is 5.32 Å². The molecule has 0 bridgehead atoms. The highest BCUT2D eigenvalue weighted by Crippen LogP contribution is 2.19. The smallest absolute Gasteiger partial charge is 0.261 e. The highest BCUT2D eigenvalue weighted by Gasteiger charge is 2.14. The largest absolute Gasteiger partial charge is 0.326 e. The standard InChI is InChI=1S/C23H24N2O3S2/c1-18-7-9-21(10-8-18)25-30(27,28)22-13-11-20(12-14-22)24-23(26)15-16-29-17-19-5-3-2-4-6-19/h2-14,25H,15-17H2,1H3,(H,24,26). The lowest BCUT2D eigenvalue weighted by Crippen LogP contribution is -2.14. The molecule has 0 aromatic heterocycles. The summed E-state index contributed by atoms with van der Waals surface area (Å²) in [6.45, 7) is 1.94. The van der Waals surface area contributed by atoms with E-state index in [0.717, 1.165) is 11.3 Å². The quantitative estimate of drug-likeness (QED) is 0.456. The molecule has 5 nitrogen and oxygen atoms in total. The van der Waals surface area contributed by atoms with Crippen LogP contribution in [0.15, 0.2) is 83.8 Å². The second-order valence-corrected chi connectivity index (χ2v) is 9.62. The number of sulfonamides is 1. The summed E-state index contributed by atoms with van der Waals surface area (Å²) in [5.41, 5.74) is 3.36. The summed E-state index contributed by atoms with van der Waals surface area (Å²) >= 11 is 1.70. The summed E-state index contributed by atoms with van der Waals surface area (Å²) in [5, 5.41) is 2.81. The van der Waals surface area contributed by atoms with Gasteiger partial charge >= 0.3 is 0 Å². The van der Waals surface area contributed by atoms with Crippen LogP contribution in [0, 0.1) is 6.92 Å². The van der Waals surface area contributed by atoms with Crippen molar-refractivity contribution in [1.82, 2.24) is 0 Å². The predicted molar refractivity (Wildman–Crippen MR) is 124 cm³/mol. The van der Waals surface area contributed by atoms with Gasteiger partial charge in [-0.3, -0.25) is 9.52 Å². The Balaban J connectivity index is 1.48. The van der Waals surface area contributed by atoms with Gasteiger partial charge in [-0.05, 0) is 48.9 Å². The highest BCUT2D eigenvalue weighted by atomic mass is 32.2. The molecule has 0 radical (unpaired) electrons. The molecule has 3 aromatic rings. The summed E-state index contributed by atoms with van der Waals surface area (Å²) in [6.07, 6.45) is 0.395. The number of thioether (sulfide) groups is 1. The number of aryl methyl sites for hydroxylation is 1. The second-order valence-electron chi connectivity index (χ2n) is 6.83. The fraction of sp³-hybridized carbons (Fsp3) is 0.174. The molecule has 0 aliphatic heterocycles. The molecule has 0 heterocycles. The van der Waals surface area contributed by atoms with E-state index in [2.05, 4.69) is 22.2 Å². The van der Waals surface area contributed by atoms with Crippen LogP contribution in [0.5, 0.6) is 0 Å². The third-order valence-corrected chi connectivity index (χ3v) is 6.76. The Morgan fingerprint density at radius 3 is 2.17 bits per heavy atom. The van der Waals surface area contributed by atoms with Crippen molar-refractivity contribution < 1.29 is 13.2 Å². The van der Waals surface area contributed by atoms with Crippen molar-refractivity contribution >= 4 is 39.1 Å². The van der Waals surface area contributed by atoms with Crippen molar-refractivity contribution in [1.29, 1.82) is 0 Å². The maximum atomic E-state index is 12.5. The average molecular weight is 441 g/mol. The molecule has 0 aliphatic rings. The fourth-order valence-corrected chi connectivity index (χ4v) is 4.67. The Labute approximate surface area is 182 Å². The van der Waals surface area contributed by atoms with E-state index in [0.29, 0.717) is 23.5 Å². The molecule has 0 atom stereocenters. The number of amides is 1. The van der Waals surface area contributed by atoms with Crippen LogP contribution < -0.4 is 10.0 Å². The molecule has 7 heteroatoms. The fourth-order valence-electron chi connectivity index (χ4n) is 2.71. The molecular formula is C23H24N2O3S2. The molecule has 0 spiro atoms. The SMILES string of the molecule is Cc1ccc(NS(=O)(=O)c2ccc(NC(=O)CCSCc3ccccc3)cc2)cc1. The Morgan fingerprint density at radius 2 is 1.50 bits per heavy atom. The van der Waals surface area contributed by atoms with Crippen molar-refractivity contribution in [2.24, 2.45) is 0 Å². The highest BCUT2D eigenvalue weighted by molar-refractivity contribution is 7.98. The second kappa shape index (κ2) is 10.3. The van der Waals surface area contributed by atoms with E-state index in [1.807, 2.05) is 37.3 Å². The molecule has 0 fully saturated rings. The van der Waals surface area contributed by atoms with Gasteiger partial charge in [0.15, 0.2) is 0 Å². The van der Waals surface area contributed by atoms with Gasteiger partial charge in [-0.15, -0.1) is 0 Å². The van der Waals surface area contributed by atoms with Crippen LogP contribution in [0.1, 0.15) is 17.5 Å². The van der Waals surface area contributed by atoms with Crippen molar-refractivity contribution in [3.05, 3.63) is 90.0 Å². The molecule has 0 aliphatic carbocycles. The molecule has 1 amide bonds. The molecule has 30 heavy (non-hydrogen) atoms. The average Bonchev–Trinajstić information content (AvgIpc) is 2.74. The number of carbonyl (C=O) groups excluding carboxylic acids is 1. The topological polar surface area (TPSA) is 75.3 Å². The maximum absolute atomic E-state index is 12.5. The van der Waals surface area contributed by atoms with Crippen LogP contribution in [-0.2, 0) is 20.6 Å². The lowest BCUT2D eigenvalue weighted by Gasteiger charge is -2.10. The molecule has 2 N–H and O–H groups in total. The zero-order valence-corrected chi connectivity index (χ0v) is 18.3. The van der Waals surface area contributed by atoms with E-state index in [1.54, 1.807) is 36.0 Å². The van der Waals surface area contributed by atoms with Gasteiger partial charge in [-0.2, -0.15) is 11.8 Å². The number of benzene rings is 3. The van der Waals surface area contributed by atoms with Crippen LogP contribution in [0.25, 0.3) is 0 Å². The molecule has 0 saturated heterocycles. The van der Waals surface area contributed by atoms with Gasteiger partial charge in [-0.25, -0.2) is 8.42 Å².